The SMILES string of the molecule is Cc1[nH]c2ccc(F)cc2c1C1CCN(CC(O)C2CCN(C(=O)/C=C/c3cc(F)cc(F)c3)CC2)CC1O. The number of hydrogen-bond donors (Lipinski definition) is 3. The zero-order valence-electron chi connectivity index (χ0n) is 21.9. The maximum absolute atomic E-state index is 13.9. The van der Waals surface area contributed by atoms with Gasteiger partial charge in [0.15, 0.2) is 0 Å². The number of β-amino-alcohol motifs (C(OH)–C–C–N with tert-alkyl or cyclic N) is 2. The molecule has 9 heteroatoms. The molecule has 2 aliphatic rings. The van der Waals surface area contributed by atoms with Crippen molar-refractivity contribution in [1.82, 2.24) is 14.8 Å². The van der Waals surface area contributed by atoms with Crippen LogP contribution in [0.25, 0.3) is 17.0 Å². The molecule has 39 heavy (non-hydrogen) atoms. The Kier molecular flexibility index (Phi) is 8.11. The van der Waals surface area contributed by atoms with Crippen molar-refractivity contribution in [1.29, 1.82) is 0 Å². The van der Waals surface area contributed by atoms with Crippen LogP contribution < -0.4 is 0 Å². The lowest BCUT2D eigenvalue weighted by Crippen LogP contribution is -2.48. The second-order valence-electron chi connectivity index (χ2n) is 10.8. The van der Waals surface area contributed by atoms with Gasteiger partial charge in [0.2, 0.25) is 5.91 Å². The minimum absolute atomic E-state index is 0.0315. The fraction of sp³-hybridized carbons (Fsp3) is 0.433. The maximum atomic E-state index is 13.9. The first-order chi connectivity index (χ1) is 18.7. The molecule has 3 unspecified atom stereocenters. The topological polar surface area (TPSA) is 79.8 Å². The smallest absolute Gasteiger partial charge is 0.246 e. The average molecular weight is 542 g/mol. The summed E-state index contributed by atoms with van der Waals surface area (Å²) >= 11 is 0. The lowest BCUT2D eigenvalue weighted by Gasteiger charge is -2.39. The van der Waals surface area contributed by atoms with Gasteiger partial charge in [0.05, 0.1) is 12.2 Å². The van der Waals surface area contributed by atoms with Crippen LogP contribution in [0.1, 0.15) is 42.0 Å². The second-order valence-corrected chi connectivity index (χ2v) is 10.8. The van der Waals surface area contributed by atoms with E-state index in [2.05, 4.69) is 9.88 Å². The Morgan fingerprint density at radius 1 is 1.05 bits per heavy atom. The molecule has 3 heterocycles. The number of aliphatic hydroxyl groups is 2. The molecule has 2 saturated heterocycles. The number of carbonyl (C=O) groups excluding carboxylic acids is 1. The van der Waals surface area contributed by atoms with Crippen LogP contribution in [0, 0.1) is 30.3 Å². The highest BCUT2D eigenvalue weighted by atomic mass is 19.1. The van der Waals surface area contributed by atoms with Crippen molar-refractivity contribution >= 4 is 22.9 Å². The lowest BCUT2D eigenvalue weighted by atomic mass is 9.84. The Morgan fingerprint density at radius 2 is 1.77 bits per heavy atom. The summed E-state index contributed by atoms with van der Waals surface area (Å²) in [5.41, 5.74) is 3.04. The van der Waals surface area contributed by atoms with Gasteiger partial charge in [-0.2, -0.15) is 0 Å². The van der Waals surface area contributed by atoms with Gasteiger partial charge in [0.25, 0.3) is 0 Å². The fourth-order valence-electron chi connectivity index (χ4n) is 6.16. The highest BCUT2D eigenvalue weighted by Gasteiger charge is 2.34. The average Bonchev–Trinajstić information content (AvgIpc) is 3.21. The van der Waals surface area contributed by atoms with Gasteiger partial charge in [-0.1, -0.05) is 0 Å². The van der Waals surface area contributed by atoms with Crippen LogP contribution in [0.3, 0.4) is 0 Å². The van der Waals surface area contributed by atoms with Gasteiger partial charge in [-0.25, -0.2) is 13.2 Å². The number of aryl methyl sites for hydroxylation is 1. The molecule has 0 spiro atoms. The van der Waals surface area contributed by atoms with Crippen molar-refractivity contribution in [2.24, 2.45) is 5.92 Å². The third-order valence-corrected chi connectivity index (χ3v) is 8.18. The second kappa shape index (κ2) is 11.5. The summed E-state index contributed by atoms with van der Waals surface area (Å²) in [6, 6.07) is 7.78. The molecule has 3 N–H and O–H groups in total. The number of benzene rings is 2. The molecule has 5 rings (SSSR count). The molecule has 2 aromatic carbocycles. The molecular weight excluding hydrogens is 507 g/mol. The van der Waals surface area contributed by atoms with Crippen LogP contribution in [-0.2, 0) is 4.79 Å². The summed E-state index contributed by atoms with van der Waals surface area (Å²) in [5.74, 6) is -2.01. The number of aliphatic hydroxyl groups excluding tert-OH is 2. The van der Waals surface area contributed by atoms with Gasteiger partial charge < -0.3 is 20.1 Å². The first kappa shape index (κ1) is 27.4. The van der Waals surface area contributed by atoms with Gasteiger partial charge >= 0.3 is 0 Å². The molecule has 0 saturated carbocycles. The van der Waals surface area contributed by atoms with E-state index >= 15 is 0 Å². The molecule has 2 aliphatic heterocycles. The van der Waals surface area contributed by atoms with E-state index in [1.165, 1.54) is 24.3 Å². The predicted molar refractivity (Wildman–Crippen MR) is 144 cm³/mol. The number of piperidine rings is 2. The molecule has 208 valence electrons. The summed E-state index contributed by atoms with van der Waals surface area (Å²) in [6.07, 6.45) is 3.50. The molecule has 3 aromatic rings. The number of nitrogens with zero attached hydrogens (tertiary/aromatic N) is 2. The summed E-state index contributed by atoms with van der Waals surface area (Å²) in [5, 5.41) is 22.8. The largest absolute Gasteiger partial charge is 0.392 e. The summed E-state index contributed by atoms with van der Waals surface area (Å²) in [6.45, 7) is 4.50. The van der Waals surface area contributed by atoms with Crippen LogP contribution in [0.15, 0.2) is 42.5 Å². The molecule has 0 radical (unpaired) electrons. The van der Waals surface area contributed by atoms with E-state index < -0.39 is 23.8 Å². The Hall–Kier alpha value is -3.14. The van der Waals surface area contributed by atoms with Crippen LogP contribution in [-0.4, -0.2) is 75.8 Å². The lowest BCUT2D eigenvalue weighted by molar-refractivity contribution is -0.128. The van der Waals surface area contributed by atoms with Crippen LogP contribution in [0.2, 0.25) is 0 Å². The molecule has 1 amide bonds. The summed E-state index contributed by atoms with van der Waals surface area (Å²) < 4.78 is 40.6. The number of aromatic amines is 1. The molecule has 2 fully saturated rings. The molecule has 6 nitrogen and oxygen atoms in total. The zero-order valence-corrected chi connectivity index (χ0v) is 21.9. The first-order valence-corrected chi connectivity index (χ1v) is 13.5. The number of carbonyl (C=O) groups is 1. The zero-order chi connectivity index (χ0) is 27.7. The molecule has 3 atom stereocenters. The number of likely N-dealkylation sites (tertiary alicyclic amines) is 2. The van der Waals surface area contributed by atoms with E-state index in [-0.39, 0.29) is 29.1 Å². The molecular formula is C30H34F3N3O3. The van der Waals surface area contributed by atoms with Crippen molar-refractivity contribution in [3.8, 4) is 0 Å². The Labute approximate surface area is 225 Å². The number of aromatic nitrogens is 1. The third kappa shape index (κ3) is 6.21. The summed E-state index contributed by atoms with van der Waals surface area (Å²) in [7, 11) is 0. The van der Waals surface area contributed by atoms with E-state index in [1.807, 2.05) is 6.92 Å². The molecule has 0 bridgehead atoms. The standard InChI is InChI=1S/C30H34F3N3O3/c1-18-30(25-15-21(31)3-4-26(25)34-18)24-8-9-35(17-28(24)38)16-27(37)20-6-10-36(11-7-20)29(39)5-2-19-12-22(32)14-23(33)13-19/h2-5,12-15,20,24,27-28,34,37-38H,6-11,16-17H2,1H3/b5-2+. The minimum atomic E-state index is -0.697. The first-order valence-electron chi connectivity index (χ1n) is 13.5. The van der Waals surface area contributed by atoms with Crippen LogP contribution in [0.5, 0.6) is 0 Å². The van der Waals surface area contributed by atoms with Gasteiger partial charge in [0, 0.05) is 60.8 Å². The van der Waals surface area contributed by atoms with Crippen LogP contribution in [0.4, 0.5) is 13.2 Å². The fourth-order valence-corrected chi connectivity index (χ4v) is 6.16. The number of fused-ring (bicyclic) bond motifs is 1. The highest BCUT2D eigenvalue weighted by Crippen LogP contribution is 2.36. The van der Waals surface area contributed by atoms with Gasteiger partial charge in [0.1, 0.15) is 17.5 Å². The van der Waals surface area contributed by atoms with Crippen molar-refractivity contribution in [3.63, 3.8) is 0 Å². The van der Waals surface area contributed by atoms with Crippen molar-refractivity contribution in [2.75, 3.05) is 32.7 Å². The third-order valence-electron chi connectivity index (χ3n) is 8.18. The van der Waals surface area contributed by atoms with Crippen molar-refractivity contribution in [2.45, 2.75) is 44.3 Å². The number of hydrogen-bond acceptors (Lipinski definition) is 4. The van der Waals surface area contributed by atoms with Crippen LogP contribution >= 0.6 is 0 Å². The quantitative estimate of drug-likeness (QED) is 0.406. The van der Waals surface area contributed by atoms with Gasteiger partial charge in [-0.05, 0) is 86.2 Å². The number of halogens is 3. The van der Waals surface area contributed by atoms with E-state index in [0.29, 0.717) is 52.0 Å². The predicted octanol–water partition coefficient (Wildman–Crippen LogP) is 4.36. The Morgan fingerprint density at radius 3 is 2.46 bits per heavy atom. The van der Waals surface area contributed by atoms with E-state index in [0.717, 1.165) is 40.4 Å². The number of amides is 1. The normalized spacial score (nSPS) is 22.2. The van der Waals surface area contributed by atoms with E-state index in [1.54, 1.807) is 11.0 Å². The van der Waals surface area contributed by atoms with Gasteiger partial charge in [-0.3, -0.25) is 9.69 Å². The Balaban J connectivity index is 1.12. The monoisotopic (exact) mass is 541 g/mol. The minimum Gasteiger partial charge on any atom is -0.392 e. The number of H-pyrrole nitrogens is 1. The van der Waals surface area contributed by atoms with Crippen molar-refractivity contribution in [3.05, 3.63) is 76.7 Å². The maximum Gasteiger partial charge on any atom is 0.246 e. The highest BCUT2D eigenvalue weighted by molar-refractivity contribution is 5.91. The molecule has 0 aliphatic carbocycles. The molecule has 1 aromatic heterocycles. The summed E-state index contributed by atoms with van der Waals surface area (Å²) in [4.78, 5) is 19.6. The number of rotatable bonds is 6. The van der Waals surface area contributed by atoms with Gasteiger partial charge in [-0.15, -0.1) is 0 Å². The number of nitrogens with one attached hydrogen (secondary N) is 1. The van der Waals surface area contributed by atoms with Crippen molar-refractivity contribution < 1.29 is 28.2 Å². The van der Waals surface area contributed by atoms with E-state index in [9.17, 15) is 28.2 Å². The Bertz CT molecular complexity index is 1350. The van der Waals surface area contributed by atoms with E-state index in [4.69, 9.17) is 0 Å².